The Hall–Kier alpha value is -3.62. The lowest BCUT2D eigenvalue weighted by Gasteiger charge is -2.29. The Morgan fingerprint density at radius 2 is 0.957 bits per heavy atom. The molecule has 0 aliphatic heterocycles. The number of carbonyl (C=O) groups excluding carboxylic acids is 2. The number of ether oxygens (including phenoxy) is 2. The predicted octanol–water partition coefficient (Wildman–Crippen LogP) is 9.27. The van der Waals surface area contributed by atoms with Crippen LogP contribution in [0.4, 0.5) is 0 Å². The Morgan fingerprint density at radius 1 is 0.587 bits per heavy atom. The highest BCUT2D eigenvalue weighted by atomic mass is 79.9. The maximum absolute atomic E-state index is 14.3. The van der Waals surface area contributed by atoms with E-state index in [0.717, 1.165) is 20.1 Å². The molecule has 0 aliphatic carbocycles. The zero-order valence-electron chi connectivity index (χ0n) is 26.9. The maximum Gasteiger partial charge on any atom is 0.258 e. The van der Waals surface area contributed by atoms with E-state index in [-0.39, 0.29) is 11.8 Å². The van der Waals surface area contributed by atoms with Crippen LogP contribution in [0.3, 0.4) is 0 Å². The number of rotatable bonds is 15. The molecule has 2 amide bonds. The second-order valence-electron chi connectivity index (χ2n) is 12.1. The van der Waals surface area contributed by atoms with Crippen molar-refractivity contribution in [3.05, 3.63) is 128 Å². The van der Waals surface area contributed by atoms with Gasteiger partial charge in [-0.2, -0.15) is 0 Å². The van der Waals surface area contributed by atoms with Crippen molar-refractivity contribution >= 4 is 43.7 Å². The van der Waals surface area contributed by atoms with Crippen molar-refractivity contribution in [2.45, 2.75) is 40.8 Å². The Balaban J connectivity index is 1.68. The van der Waals surface area contributed by atoms with E-state index in [1.54, 1.807) is 9.80 Å². The van der Waals surface area contributed by atoms with Gasteiger partial charge in [0.1, 0.15) is 11.5 Å². The van der Waals surface area contributed by atoms with E-state index in [4.69, 9.17) is 9.47 Å². The highest BCUT2D eigenvalue weighted by molar-refractivity contribution is 9.10. The van der Waals surface area contributed by atoms with Crippen LogP contribution in [0.2, 0.25) is 0 Å². The highest BCUT2D eigenvalue weighted by Crippen LogP contribution is 2.28. The van der Waals surface area contributed by atoms with E-state index < -0.39 is 0 Å². The molecule has 0 unspecified atom stereocenters. The minimum atomic E-state index is -0.167. The monoisotopic (exact) mass is 748 g/mol. The van der Waals surface area contributed by atoms with E-state index in [9.17, 15) is 9.59 Å². The molecule has 0 saturated heterocycles. The molecule has 0 radical (unpaired) electrons. The standard InChI is InChI=1S/C38H42Br2N2O4/c1-27(2)25-45-35-17-15-31(39)21-33(35)37(43)41(23-29-11-7-5-8-12-29)19-20-42(24-30-13-9-6-10-14-30)38(44)34-22-32(40)16-18-36(34)46-26-28(3)4/h5-18,21-22,27-28H,19-20,23-26H2,1-4H3. The van der Waals surface area contributed by atoms with Gasteiger partial charge in [-0.3, -0.25) is 9.59 Å². The summed E-state index contributed by atoms with van der Waals surface area (Å²) in [6.07, 6.45) is 0. The van der Waals surface area contributed by atoms with Crippen LogP contribution in [-0.4, -0.2) is 47.9 Å². The number of amides is 2. The molecule has 4 aromatic rings. The Bertz CT molecular complexity index is 1460. The van der Waals surface area contributed by atoms with Crippen LogP contribution in [0.15, 0.2) is 106 Å². The molecule has 0 saturated carbocycles. The molecule has 242 valence electrons. The smallest absolute Gasteiger partial charge is 0.258 e. The number of halogens is 2. The Morgan fingerprint density at radius 3 is 1.30 bits per heavy atom. The van der Waals surface area contributed by atoms with Gasteiger partial charge in [-0.05, 0) is 59.4 Å². The molecule has 0 N–H and O–H groups in total. The van der Waals surface area contributed by atoms with Crippen LogP contribution < -0.4 is 9.47 Å². The van der Waals surface area contributed by atoms with Gasteiger partial charge in [0.25, 0.3) is 11.8 Å². The van der Waals surface area contributed by atoms with Crippen LogP contribution >= 0.6 is 31.9 Å². The van der Waals surface area contributed by atoms with Gasteiger partial charge in [-0.1, -0.05) is 120 Å². The maximum atomic E-state index is 14.3. The first-order valence-corrected chi connectivity index (χ1v) is 17.2. The third-order valence-corrected chi connectivity index (χ3v) is 8.12. The summed E-state index contributed by atoms with van der Waals surface area (Å²) in [5, 5.41) is 0. The lowest BCUT2D eigenvalue weighted by atomic mass is 10.1. The van der Waals surface area contributed by atoms with Crippen LogP contribution in [0.1, 0.15) is 59.5 Å². The molecule has 0 aliphatic rings. The second-order valence-corrected chi connectivity index (χ2v) is 13.9. The fourth-order valence-corrected chi connectivity index (χ4v) is 5.52. The van der Waals surface area contributed by atoms with Gasteiger partial charge in [0, 0.05) is 35.1 Å². The van der Waals surface area contributed by atoms with Crippen molar-refractivity contribution in [3.63, 3.8) is 0 Å². The summed E-state index contributed by atoms with van der Waals surface area (Å²) >= 11 is 7.09. The van der Waals surface area contributed by atoms with Gasteiger partial charge in [-0.25, -0.2) is 0 Å². The van der Waals surface area contributed by atoms with Gasteiger partial charge in [0.15, 0.2) is 0 Å². The van der Waals surface area contributed by atoms with Gasteiger partial charge >= 0.3 is 0 Å². The van der Waals surface area contributed by atoms with Crippen LogP contribution in [0, 0.1) is 11.8 Å². The van der Waals surface area contributed by atoms with Gasteiger partial charge < -0.3 is 19.3 Å². The molecule has 6 nitrogen and oxygen atoms in total. The van der Waals surface area contributed by atoms with Gasteiger partial charge in [-0.15, -0.1) is 0 Å². The number of carbonyl (C=O) groups is 2. The summed E-state index contributed by atoms with van der Waals surface area (Å²) in [4.78, 5) is 32.2. The summed E-state index contributed by atoms with van der Waals surface area (Å²) in [5.74, 6) is 1.35. The fraction of sp³-hybridized carbons (Fsp3) is 0.316. The molecular formula is C38H42Br2N2O4. The quantitative estimate of drug-likeness (QED) is 0.122. The van der Waals surface area contributed by atoms with Crippen molar-refractivity contribution in [2.24, 2.45) is 11.8 Å². The SMILES string of the molecule is CC(C)COc1ccc(Br)cc1C(=O)N(CCN(Cc1ccccc1)C(=O)c1cc(Br)ccc1OCC(C)C)Cc1ccccc1. The third-order valence-electron chi connectivity index (χ3n) is 7.14. The second kappa shape index (κ2) is 17.3. The van der Waals surface area contributed by atoms with Crippen LogP contribution in [0.5, 0.6) is 11.5 Å². The van der Waals surface area contributed by atoms with E-state index in [0.29, 0.717) is 73.9 Å². The fourth-order valence-electron chi connectivity index (χ4n) is 4.80. The minimum absolute atomic E-state index is 0.167. The summed E-state index contributed by atoms with van der Waals surface area (Å²) in [7, 11) is 0. The summed E-state index contributed by atoms with van der Waals surface area (Å²) < 4.78 is 13.8. The lowest BCUT2D eigenvalue weighted by molar-refractivity contribution is 0.0639. The van der Waals surface area contributed by atoms with Crippen LogP contribution in [-0.2, 0) is 13.1 Å². The topological polar surface area (TPSA) is 59.1 Å². The summed E-state index contributed by atoms with van der Waals surface area (Å²) in [6.45, 7) is 10.6. The van der Waals surface area contributed by atoms with E-state index in [2.05, 4.69) is 59.6 Å². The minimum Gasteiger partial charge on any atom is -0.492 e. The number of hydrogen-bond donors (Lipinski definition) is 0. The summed E-state index contributed by atoms with van der Waals surface area (Å²) in [5.41, 5.74) is 2.94. The third kappa shape index (κ3) is 10.5. The Kier molecular flexibility index (Phi) is 13.3. The van der Waals surface area contributed by atoms with Gasteiger partial charge in [0.2, 0.25) is 0 Å². The van der Waals surface area contributed by atoms with E-state index in [1.807, 2.05) is 97.1 Å². The molecule has 46 heavy (non-hydrogen) atoms. The molecule has 0 aromatic heterocycles. The van der Waals surface area contributed by atoms with Crippen molar-refractivity contribution < 1.29 is 19.1 Å². The molecule has 0 spiro atoms. The lowest BCUT2D eigenvalue weighted by Crippen LogP contribution is -2.41. The first kappa shape index (κ1) is 35.2. The average molecular weight is 751 g/mol. The summed E-state index contributed by atoms with van der Waals surface area (Å²) in [6, 6.07) is 30.8. The largest absolute Gasteiger partial charge is 0.492 e. The molecule has 0 bridgehead atoms. The zero-order valence-corrected chi connectivity index (χ0v) is 30.1. The molecule has 4 aromatic carbocycles. The zero-order chi connectivity index (χ0) is 33.1. The molecular weight excluding hydrogens is 708 g/mol. The molecule has 8 heteroatoms. The molecule has 0 atom stereocenters. The number of benzene rings is 4. The first-order chi connectivity index (χ1) is 22.1. The van der Waals surface area contributed by atoms with Crippen molar-refractivity contribution in [2.75, 3.05) is 26.3 Å². The van der Waals surface area contributed by atoms with Gasteiger partial charge in [0.05, 0.1) is 24.3 Å². The number of nitrogens with zero attached hydrogens (tertiary/aromatic N) is 2. The molecule has 4 rings (SSSR count). The normalized spacial score (nSPS) is 11.0. The average Bonchev–Trinajstić information content (AvgIpc) is 3.05. The van der Waals surface area contributed by atoms with Crippen LogP contribution in [0.25, 0.3) is 0 Å². The van der Waals surface area contributed by atoms with Crippen molar-refractivity contribution in [1.82, 2.24) is 9.80 Å². The van der Waals surface area contributed by atoms with E-state index in [1.165, 1.54) is 0 Å². The molecule has 0 heterocycles. The highest BCUT2D eigenvalue weighted by Gasteiger charge is 2.25. The first-order valence-electron chi connectivity index (χ1n) is 15.6. The Labute approximate surface area is 290 Å². The van der Waals surface area contributed by atoms with E-state index >= 15 is 0 Å². The van der Waals surface area contributed by atoms with Crippen molar-refractivity contribution in [3.8, 4) is 11.5 Å². The van der Waals surface area contributed by atoms with Crippen molar-refractivity contribution in [1.29, 1.82) is 0 Å². The number of hydrogen-bond acceptors (Lipinski definition) is 4. The predicted molar refractivity (Wildman–Crippen MR) is 191 cm³/mol. The molecule has 0 fully saturated rings.